The number of ketones is 1. The van der Waals surface area contributed by atoms with Crippen molar-refractivity contribution in [3.63, 3.8) is 0 Å². The summed E-state index contributed by atoms with van der Waals surface area (Å²) in [7, 11) is 0. The van der Waals surface area contributed by atoms with Crippen molar-refractivity contribution in [1.82, 2.24) is 0 Å². The Morgan fingerprint density at radius 2 is 1.67 bits per heavy atom. The quantitative estimate of drug-likeness (QED) is 0.315. The Bertz CT molecular complexity index is 246. The monoisotopic (exact) mass is 228 g/mol. The third-order valence-electron chi connectivity index (χ3n) is 0.827. The molecule has 12 heavy (non-hydrogen) atoms. The van der Waals surface area contributed by atoms with Gasteiger partial charge in [0, 0.05) is 0 Å². The lowest BCUT2D eigenvalue weighted by molar-refractivity contribution is -0.129. The molecule has 0 aromatic carbocycles. The molecule has 0 spiro atoms. The molecular formula is C6H3Cl3O3. The van der Waals surface area contributed by atoms with Crippen LogP contribution in [0, 0.1) is 0 Å². The fraction of sp³-hybridized carbons (Fsp3) is 0.167. The van der Waals surface area contributed by atoms with E-state index in [-0.39, 0.29) is 0 Å². The molecular weight excluding hydrogens is 226 g/mol. The summed E-state index contributed by atoms with van der Waals surface area (Å²) in [6.07, 6.45) is 1.78. The molecule has 6 heteroatoms. The fourth-order valence-corrected chi connectivity index (χ4v) is 0.522. The predicted octanol–water partition coefficient (Wildman–Crippen LogP) is 1.25. The van der Waals surface area contributed by atoms with E-state index in [4.69, 9.17) is 34.8 Å². The highest BCUT2D eigenvalue weighted by Gasteiger charge is 2.10. The molecule has 0 aromatic heterocycles. The highest BCUT2D eigenvalue weighted by atomic mass is 35.5. The zero-order valence-corrected chi connectivity index (χ0v) is 7.86. The van der Waals surface area contributed by atoms with Gasteiger partial charge in [0.25, 0.3) is 5.24 Å². The Morgan fingerprint density at radius 3 is 2.00 bits per heavy atom. The second kappa shape index (κ2) is 5.30. The van der Waals surface area contributed by atoms with Gasteiger partial charge in [-0.2, -0.15) is 0 Å². The number of halogens is 3. The molecule has 0 N–H and O–H groups in total. The fourth-order valence-electron chi connectivity index (χ4n) is 0.313. The predicted molar refractivity (Wildman–Crippen MR) is 45.5 cm³/mol. The summed E-state index contributed by atoms with van der Waals surface area (Å²) < 4.78 is 0. The first-order chi connectivity index (χ1) is 5.45. The van der Waals surface area contributed by atoms with Gasteiger partial charge in [0.2, 0.25) is 11.0 Å². The van der Waals surface area contributed by atoms with E-state index in [2.05, 4.69) is 0 Å². The molecule has 66 valence electrons. The Morgan fingerprint density at radius 1 is 1.17 bits per heavy atom. The second-order valence-electron chi connectivity index (χ2n) is 1.70. The minimum Gasteiger partial charge on any atom is -0.285 e. The number of carbonyl (C=O) groups excluding carboxylic acids is 3. The van der Waals surface area contributed by atoms with Crippen LogP contribution in [0.1, 0.15) is 0 Å². The molecule has 3 nitrogen and oxygen atoms in total. The summed E-state index contributed by atoms with van der Waals surface area (Å²) in [5.74, 6) is -0.944. The van der Waals surface area contributed by atoms with Gasteiger partial charge in [-0.1, -0.05) is 6.08 Å². The van der Waals surface area contributed by atoms with Gasteiger partial charge < -0.3 is 0 Å². The van der Waals surface area contributed by atoms with Crippen LogP contribution in [0.3, 0.4) is 0 Å². The molecule has 0 rings (SSSR count). The van der Waals surface area contributed by atoms with Crippen LogP contribution in [0.5, 0.6) is 0 Å². The van der Waals surface area contributed by atoms with Crippen molar-refractivity contribution in [3.05, 3.63) is 12.2 Å². The standard InChI is InChI=1S/C6H3Cl3O3/c7-3(5(8)11)1-2-4(10)6(9)12/h1-3H/b2-1+. The van der Waals surface area contributed by atoms with Crippen molar-refractivity contribution in [1.29, 1.82) is 0 Å². The van der Waals surface area contributed by atoms with Crippen LogP contribution in [0.25, 0.3) is 0 Å². The van der Waals surface area contributed by atoms with Gasteiger partial charge in [-0.25, -0.2) is 0 Å². The number of carbonyl (C=O) groups is 3. The molecule has 0 aliphatic heterocycles. The average Bonchev–Trinajstić information content (AvgIpc) is 1.98. The lowest BCUT2D eigenvalue weighted by atomic mass is 10.3. The molecule has 1 unspecified atom stereocenters. The third-order valence-corrected chi connectivity index (χ3v) is 1.70. The highest BCUT2D eigenvalue weighted by Crippen LogP contribution is 2.02. The summed E-state index contributed by atoms with van der Waals surface area (Å²) in [5.41, 5.74) is 0. The molecule has 0 saturated heterocycles. The van der Waals surface area contributed by atoms with E-state index in [1.807, 2.05) is 0 Å². The summed E-state index contributed by atoms with van der Waals surface area (Å²) >= 11 is 15.0. The van der Waals surface area contributed by atoms with Gasteiger partial charge >= 0.3 is 0 Å². The molecule has 0 aliphatic rings. The van der Waals surface area contributed by atoms with Crippen molar-refractivity contribution in [3.8, 4) is 0 Å². The highest BCUT2D eigenvalue weighted by molar-refractivity contribution is 6.82. The number of rotatable bonds is 4. The molecule has 0 aliphatic carbocycles. The van der Waals surface area contributed by atoms with E-state index in [1.165, 1.54) is 0 Å². The number of hydrogen-bond donors (Lipinski definition) is 0. The first kappa shape index (κ1) is 11.6. The Labute approximate surface area is 83.3 Å². The van der Waals surface area contributed by atoms with Crippen LogP contribution < -0.4 is 0 Å². The van der Waals surface area contributed by atoms with Gasteiger partial charge in [-0.05, 0) is 29.3 Å². The minimum atomic E-state index is -1.14. The largest absolute Gasteiger partial charge is 0.292 e. The Hall–Kier alpha value is -0.380. The molecule has 0 bridgehead atoms. The summed E-state index contributed by atoms with van der Waals surface area (Å²) in [5, 5.41) is -3.09. The number of hydrogen-bond acceptors (Lipinski definition) is 3. The zero-order valence-electron chi connectivity index (χ0n) is 5.59. The molecule has 0 heterocycles. The van der Waals surface area contributed by atoms with Crippen molar-refractivity contribution in [2.75, 3.05) is 0 Å². The molecule has 0 aromatic rings. The first-order valence-electron chi connectivity index (χ1n) is 2.70. The van der Waals surface area contributed by atoms with E-state index >= 15 is 0 Å². The maximum atomic E-state index is 10.5. The summed E-state index contributed by atoms with van der Waals surface area (Å²) in [6, 6.07) is 0. The van der Waals surface area contributed by atoms with Crippen LogP contribution in [0.4, 0.5) is 0 Å². The summed E-state index contributed by atoms with van der Waals surface area (Å²) in [6.45, 7) is 0. The first-order valence-corrected chi connectivity index (χ1v) is 3.89. The van der Waals surface area contributed by atoms with E-state index in [1.54, 1.807) is 0 Å². The number of allylic oxidation sites excluding steroid dienone is 2. The molecule has 0 amide bonds. The van der Waals surface area contributed by atoms with Crippen LogP contribution in [-0.4, -0.2) is 21.6 Å². The molecule has 0 fully saturated rings. The van der Waals surface area contributed by atoms with E-state index in [0.29, 0.717) is 0 Å². The van der Waals surface area contributed by atoms with Crippen LogP contribution >= 0.6 is 34.8 Å². The molecule has 1 atom stereocenters. The van der Waals surface area contributed by atoms with Crippen molar-refractivity contribution in [2.45, 2.75) is 5.38 Å². The molecule has 0 radical (unpaired) electrons. The SMILES string of the molecule is O=C(Cl)C(=O)/C=C/C(Cl)C(=O)Cl. The van der Waals surface area contributed by atoms with Crippen molar-refractivity contribution in [2.24, 2.45) is 0 Å². The zero-order chi connectivity index (χ0) is 9.72. The van der Waals surface area contributed by atoms with Gasteiger partial charge in [0.15, 0.2) is 0 Å². The maximum absolute atomic E-state index is 10.5. The number of alkyl halides is 1. The topological polar surface area (TPSA) is 51.2 Å². The second-order valence-corrected chi connectivity index (χ2v) is 2.89. The maximum Gasteiger partial charge on any atom is 0.292 e. The normalized spacial score (nSPS) is 12.9. The van der Waals surface area contributed by atoms with Gasteiger partial charge in [-0.3, -0.25) is 14.4 Å². The summed E-state index contributed by atoms with van der Waals surface area (Å²) in [4.78, 5) is 30.9. The van der Waals surface area contributed by atoms with E-state index < -0.39 is 21.6 Å². The lowest BCUT2D eigenvalue weighted by Crippen LogP contribution is -2.07. The average molecular weight is 229 g/mol. The minimum absolute atomic E-state index is 0.799. The van der Waals surface area contributed by atoms with Crippen LogP contribution in [0.2, 0.25) is 0 Å². The Balaban J connectivity index is 4.16. The van der Waals surface area contributed by atoms with Crippen molar-refractivity contribution >= 4 is 51.1 Å². The van der Waals surface area contributed by atoms with Gasteiger partial charge in [0.05, 0.1) is 0 Å². The van der Waals surface area contributed by atoms with Gasteiger partial charge in [-0.15, -0.1) is 11.6 Å². The van der Waals surface area contributed by atoms with Crippen molar-refractivity contribution < 1.29 is 14.4 Å². The van der Waals surface area contributed by atoms with Crippen LogP contribution in [0.15, 0.2) is 12.2 Å². The Kier molecular flexibility index (Phi) is 5.13. The molecule has 0 saturated carbocycles. The smallest absolute Gasteiger partial charge is 0.285 e. The van der Waals surface area contributed by atoms with E-state index in [9.17, 15) is 14.4 Å². The van der Waals surface area contributed by atoms with Crippen LogP contribution in [-0.2, 0) is 14.4 Å². The third kappa shape index (κ3) is 4.49. The lowest BCUT2D eigenvalue weighted by Gasteiger charge is -1.92. The van der Waals surface area contributed by atoms with Gasteiger partial charge in [0.1, 0.15) is 5.38 Å². The van der Waals surface area contributed by atoms with E-state index in [0.717, 1.165) is 12.2 Å².